The molecule has 2 aromatic carbocycles. The molecule has 0 atom stereocenters. The van der Waals surface area contributed by atoms with Gasteiger partial charge in [-0.05, 0) is 37.6 Å². The number of carboxylic acid groups (broad SMARTS) is 2. The zero-order chi connectivity index (χ0) is 26.6. The van der Waals surface area contributed by atoms with Crippen LogP contribution in [0.15, 0.2) is 60.7 Å². The van der Waals surface area contributed by atoms with E-state index in [0.717, 1.165) is 64.2 Å². The number of carbonyl (C=O) groups excluding carboxylic acids is 1. The van der Waals surface area contributed by atoms with E-state index < -0.39 is 11.9 Å². The highest BCUT2D eigenvalue weighted by Gasteiger charge is 2.30. The minimum atomic E-state index is -1.82. The average molecular weight is 512 g/mol. The number of hydrogen-bond acceptors (Lipinski definition) is 5. The monoisotopic (exact) mass is 511 g/mol. The molecule has 0 radical (unpaired) electrons. The smallest absolute Gasteiger partial charge is 0.414 e. The summed E-state index contributed by atoms with van der Waals surface area (Å²) in [5.41, 5.74) is 1.96. The number of halogens is 1. The number of benzene rings is 2. The van der Waals surface area contributed by atoms with E-state index in [0.29, 0.717) is 12.5 Å². The summed E-state index contributed by atoms with van der Waals surface area (Å²) in [4.78, 5) is 37.9. The lowest BCUT2D eigenvalue weighted by Gasteiger charge is -2.38. The standard InChI is InChI=1S/C26H32FN3O.C2H2O4/c27-25-11-5-4-10-24(25)21-29-15-12-23(13-16-29)26(31)30-19-17-28(18-20-30)14-6-9-22-7-2-1-3-8-22;3-1(4)2(5)6/h1-11,23H,12-21H2;(H,3,4)(H,5,6). The molecule has 8 nitrogen and oxygen atoms in total. The van der Waals surface area contributed by atoms with Crippen molar-refractivity contribution in [3.05, 3.63) is 77.6 Å². The third-order valence-electron chi connectivity index (χ3n) is 6.63. The molecule has 0 aromatic heterocycles. The van der Waals surface area contributed by atoms with E-state index in [1.807, 2.05) is 18.2 Å². The van der Waals surface area contributed by atoms with E-state index >= 15 is 0 Å². The third-order valence-corrected chi connectivity index (χ3v) is 6.63. The topological polar surface area (TPSA) is 101 Å². The van der Waals surface area contributed by atoms with Crippen LogP contribution < -0.4 is 0 Å². The molecule has 198 valence electrons. The van der Waals surface area contributed by atoms with E-state index in [4.69, 9.17) is 19.8 Å². The summed E-state index contributed by atoms with van der Waals surface area (Å²) < 4.78 is 13.9. The maximum absolute atomic E-state index is 13.9. The highest BCUT2D eigenvalue weighted by atomic mass is 19.1. The zero-order valence-electron chi connectivity index (χ0n) is 20.8. The van der Waals surface area contributed by atoms with E-state index in [-0.39, 0.29) is 11.7 Å². The van der Waals surface area contributed by atoms with Gasteiger partial charge in [0.05, 0.1) is 0 Å². The number of piperidine rings is 1. The first-order valence-electron chi connectivity index (χ1n) is 12.5. The van der Waals surface area contributed by atoms with Gasteiger partial charge in [0, 0.05) is 50.7 Å². The van der Waals surface area contributed by atoms with Crippen LogP contribution in [0.5, 0.6) is 0 Å². The molecular formula is C28H34FN3O5. The van der Waals surface area contributed by atoms with Crippen LogP contribution in [0.25, 0.3) is 6.08 Å². The molecule has 2 heterocycles. The van der Waals surface area contributed by atoms with Crippen molar-refractivity contribution in [1.29, 1.82) is 0 Å². The second-order valence-corrected chi connectivity index (χ2v) is 9.19. The van der Waals surface area contributed by atoms with Gasteiger partial charge in [-0.15, -0.1) is 0 Å². The molecule has 0 saturated carbocycles. The van der Waals surface area contributed by atoms with Gasteiger partial charge < -0.3 is 15.1 Å². The third kappa shape index (κ3) is 9.11. The van der Waals surface area contributed by atoms with Crippen molar-refractivity contribution in [3.8, 4) is 0 Å². The van der Waals surface area contributed by atoms with Crippen LogP contribution in [0.3, 0.4) is 0 Å². The van der Waals surface area contributed by atoms with Gasteiger partial charge >= 0.3 is 11.9 Å². The summed E-state index contributed by atoms with van der Waals surface area (Å²) >= 11 is 0. The fourth-order valence-electron chi connectivity index (χ4n) is 4.52. The number of nitrogens with zero attached hydrogens (tertiary/aromatic N) is 3. The molecule has 0 spiro atoms. The quantitative estimate of drug-likeness (QED) is 0.575. The van der Waals surface area contributed by atoms with Crippen LogP contribution in [-0.4, -0.2) is 88.6 Å². The number of hydrogen-bond donors (Lipinski definition) is 2. The van der Waals surface area contributed by atoms with E-state index in [1.54, 1.807) is 6.07 Å². The molecule has 2 aliphatic rings. The van der Waals surface area contributed by atoms with Crippen LogP contribution in [0.4, 0.5) is 4.39 Å². The van der Waals surface area contributed by atoms with E-state index in [1.165, 1.54) is 11.6 Å². The lowest BCUT2D eigenvalue weighted by atomic mass is 9.94. The maximum atomic E-state index is 13.9. The molecule has 0 unspecified atom stereocenters. The predicted molar refractivity (Wildman–Crippen MR) is 138 cm³/mol. The first-order chi connectivity index (χ1) is 17.8. The number of rotatable bonds is 6. The number of aliphatic carboxylic acids is 2. The summed E-state index contributed by atoms with van der Waals surface area (Å²) in [6.45, 7) is 6.74. The van der Waals surface area contributed by atoms with Gasteiger partial charge in [0.25, 0.3) is 0 Å². The molecule has 0 aliphatic carbocycles. The Morgan fingerprint density at radius 1 is 0.811 bits per heavy atom. The van der Waals surface area contributed by atoms with Gasteiger partial charge in [-0.1, -0.05) is 60.7 Å². The first-order valence-corrected chi connectivity index (χ1v) is 12.5. The first kappa shape index (κ1) is 28.0. The Balaban J connectivity index is 0.000000568. The minimum absolute atomic E-state index is 0.112. The van der Waals surface area contributed by atoms with Crippen molar-refractivity contribution < 1.29 is 29.0 Å². The van der Waals surface area contributed by atoms with Gasteiger partial charge in [0.2, 0.25) is 5.91 Å². The Labute approximate surface area is 216 Å². The molecule has 37 heavy (non-hydrogen) atoms. The van der Waals surface area contributed by atoms with Crippen molar-refractivity contribution >= 4 is 23.9 Å². The van der Waals surface area contributed by atoms with Gasteiger partial charge in [0.15, 0.2) is 0 Å². The Hall–Kier alpha value is -3.56. The zero-order valence-corrected chi connectivity index (χ0v) is 20.8. The molecule has 2 saturated heterocycles. The van der Waals surface area contributed by atoms with Gasteiger partial charge in [-0.25, -0.2) is 14.0 Å². The van der Waals surface area contributed by atoms with Crippen LogP contribution in [-0.2, 0) is 20.9 Å². The molecule has 2 aliphatic heterocycles. The minimum Gasteiger partial charge on any atom is -0.473 e. The second kappa shape index (κ2) is 14.2. The van der Waals surface area contributed by atoms with Crippen LogP contribution in [0.2, 0.25) is 0 Å². The molecule has 2 N–H and O–H groups in total. The molecule has 4 rings (SSSR count). The number of piperazine rings is 1. The van der Waals surface area contributed by atoms with Crippen molar-refractivity contribution in [2.24, 2.45) is 5.92 Å². The number of carboxylic acids is 2. The van der Waals surface area contributed by atoms with Crippen molar-refractivity contribution in [3.63, 3.8) is 0 Å². The Bertz CT molecular complexity index is 1050. The highest BCUT2D eigenvalue weighted by molar-refractivity contribution is 6.27. The molecule has 1 amide bonds. The summed E-state index contributed by atoms with van der Waals surface area (Å²) in [6, 6.07) is 17.3. The lowest BCUT2D eigenvalue weighted by Crippen LogP contribution is -2.51. The van der Waals surface area contributed by atoms with Gasteiger partial charge in [-0.2, -0.15) is 0 Å². The fraction of sp³-hybridized carbons (Fsp3) is 0.393. The molecule has 0 bridgehead atoms. The number of amides is 1. The summed E-state index contributed by atoms with van der Waals surface area (Å²) in [6.07, 6.45) is 6.10. The Morgan fingerprint density at radius 3 is 2.00 bits per heavy atom. The van der Waals surface area contributed by atoms with Gasteiger partial charge in [-0.3, -0.25) is 14.6 Å². The summed E-state index contributed by atoms with van der Waals surface area (Å²) in [7, 11) is 0. The molecule has 9 heteroatoms. The molecular weight excluding hydrogens is 477 g/mol. The highest BCUT2D eigenvalue weighted by Crippen LogP contribution is 2.22. The van der Waals surface area contributed by atoms with Crippen LogP contribution in [0, 0.1) is 11.7 Å². The molecule has 2 aromatic rings. The van der Waals surface area contributed by atoms with Crippen molar-refractivity contribution in [2.45, 2.75) is 19.4 Å². The Morgan fingerprint density at radius 2 is 1.41 bits per heavy atom. The van der Waals surface area contributed by atoms with E-state index in [9.17, 15) is 9.18 Å². The SMILES string of the molecule is O=C(C1CCN(Cc2ccccc2F)CC1)N1CCN(CC=Cc2ccccc2)CC1.O=C(O)C(=O)O. The second-order valence-electron chi connectivity index (χ2n) is 9.19. The predicted octanol–water partition coefficient (Wildman–Crippen LogP) is 3.05. The summed E-state index contributed by atoms with van der Waals surface area (Å²) in [5.74, 6) is -3.37. The Kier molecular flexibility index (Phi) is 10.8. The number of carbonyl (C=O) groups is 3. The average Bonchev–Trinajstić information content (AvgIpc) is 2.91. The normalized spacial score (nSPS) is 17.3. The van der Waals surface area contributed by atoms with Crippen LogP contribution >= 0.6 is 0 Å². The van der Waals surface area contributed by atoms with Crippen molar-refractivity contribution in [1.82, 2.24) is 14.7 Å². The maximum Gasteiger partial charge on any atom is 0.414 e. The van der Waals surface area contributed by atoms with Gasteiger partial charge in [0.1, 0.15) is 5.82 Å². The fourth-order valence-corrected chi connectivity index (χ4v) is 4.52. The molecule has 2 fully saturated rings. The largest absolute Gasteiger partial charge is 0.473 e. The number of likely N-dealkylation sites (tertiary alicyclic amines) is 1. The van der Waals surface area contributed by atoms with Crippen LogP contribution in [0.1, 0.15) is 24.0 Å². The summed E-state index contributed by atoms with van der Waals surface area (Å²) in [5, 5.41) is 14.8. The van der Waals surface area contributed by atoms with Crippen molar-refractivity contribution in [2.75, 3.05) is 45.8 Å². The lowest BCUT2D eigenvalue weighted by molar-refractivity contribution is -0.159. The van der Waals surface area contributed by atoms with E-state index in [2.05, 4.69) is 51.1 Å².